The number of nitrogens with zero attached hydrogens (tertiary/aromatic N) is 2. The van der Waals surface area contributed by atoms with Gasteiger partial charge in [-0.2, -0.15) is 0 Å². The smallest absolute Gasteiger partial charge is 0.323 e. The standard InChI is InChI=1S/C12H19N3O4/c1-8(2)9(6-7-16)13-12(17)10-4-5-11(14(10)3)15(18)19/h4-5,8-9,16H,6-7H2,1-3H3,(H,13,17). The fourth-order valence-corrected chi connectivity index (χ4v) is 1.87. The Hall–Kier alpha value is -1.89. The molecule has 0 aliphatic carbocycles. The molecule has 1 unspecified atom stereocenters. The molecule has 0 radical (unpaired) electrons. The molecule has 1 atom stereocenters. The highest BCUT2D eigenvalue weighted by atomic mass is 16.6. The number of nitrogens with one attached hydrogen (secondary N) is 1. The van der Waals surface area contributed by atoms with Crippen LogP contribution in [0.4, 0.5) is 5.82 Å². The number of nitro groups is 1. The van der Waals surface area contributed by atoms with Crippen LogP contribution >= 0.6 is 0 Å². The van der Waals surface area contributed by atoms with Crippen molar-refractivity contribution in [2.75, 3.05) is 6.61 Å². The third kappa shape index (κ3) is 3.54. The fraction of sp³-hybridized carbons (Fsp3) is 0.583. The number of carbonyl (C=O) groups is 1. The van der Waals surface area contributed by atoms with Gasteiger partial charge in [-0.3, -0.25) is 4.79 Å². The van der Waals surface area contributed by atoms with Crippen LogP contribution in [-0.2, 0) is 7.05 Å². The highest BCUT2D eigenvalue weighted by Gasteiger charge is 2.23. The van der Waals surface area contributed by atoms with Gasteiger partial charge in [0.15, 0.2) is 5.69 Å². The summed E-state index contributed by atoms with van der Waals surface area (Å²) in [6.07, 6.45) is 0.454. The molecule has 0 aliphatic rings. The molecule has 1 amide bonds. The maximum atomic E-state index is 12.1. The van der Waals surface area contributed by atoms with E-state index in [2.05, 4.69) is 5.32 Å². The van der Waals surface area contributed by atoms with E-state index in [1.165, 1.54) is 23.7 Å². The van der Waals surface area contributed by atoms with Gasteiger partial charge in [0, 0.05) is 18.7 Å². The molecule has 1 rings (SSSR count). The highest BCUT2D eigenvalue weighted by Crippen LogP contribution is 2.15. The summed E-state index contributed by atoms with van der Waals surface area (Å²) in [5.74, 6) is -0.331. The summed E-state index contributed by atoms with van der Waals surface area (Å²) in [4.78, 5) is 22.2. The number of aromatic nitrogens is 1. The van der Waals surface area contributed by atoms with Crippen LogP contribution in [0.15, 0.2) is 12.1 Å². The quantitative estimate of drug-likeness (QED) is 0.596. The monoisotopic (exact) mass is 269 g/mol. The van der Waals surface area contributed by atoms with E-state index < -0.39 is 4.92 Å². The molecule has 0 aromatic carbocycles. The Kier molecular flexibility index (Phi) is 5.05. The van der Waals surface area contributed by atoms with E-state index in [1.54, 1.807) is 0 Å². The minimum Gasteiger partial charge on any atom is -0.396 e. The Bertz CT molecular complexity index is 468. The molecule has 1 aromatic heterocycles. The molecule has 106 valence electrons. The van der Waals surface area contributed by atoms with Crippen LogP contribution in [0.1, 0.15) is 30.8 Å². The number of rotatable bonds is 6. The highest BCUT2D eigenvalue weighted by molar-refractivity contribution is 5.93. The lowest BCUT2D eigenvalue weighted by atomic mass is 10.0. The molecule has 2 N–H and O–H groups in total. The largest absolute Gasteiger partial charge is 0.396 e. The van der Waals surface area contributed by atoms with E-state index in [-0.39, 0.29) is 36.0 Å². The van der Waals surface area contributed by atoms with Crippen LogP contribution in [0.2, 0.25) is 0 Å². The van der Waals surface area contributed by atoms with Crippen LogP contribution in [0, 0.1) is 16.0 Å². The molecule has 19 heavy (non-hydrogen) atoms. The van der Waals surface area contributed by atoms with E-state index in [0.29, 0.717) is 6.42 Å². The molecule has 0 saturated heterocycles. The first-order valence-electron chi connectivity index (χ1n) is 6.10. The zero-order chi connectivity index (χ0) is 14.6. The fourth-order valence-electron chi connectivity index (χ4n) is 1.87. The van der Waals surface area contributed by atoms with Gasteiger partial charge in [0.2, 0.25) is 0 Å². The van der Waals surface area contributed by atoms with Crippen molar-refractivity contribution in [1.82, 2.24) is 9.88 Å². The van der Waals surface area contributed by atoms with Crippen molar-refractivity contribution in [2.24, 2.45) is 13.0 Å². The second kappa shape index (κ2) is 6.33. The van der Waals surface area contributed by atoms with Crippen molar-refractivity contribution in [3.05, 3.63) is 27.9 Å². The van der Waals surface area contributed by atoms with Crippen LogP contribution in [0.25, 0.3) is 0 Å². The van der Waals surface area contributed by atoms with Crippen molar-refractivity contribution < 1.29 is 14.8 Å². The van der Waals surface area contributed by atoms with Gasteiger partial charge >= 0.3 is 5.82 Å². The lowest BCUT2D eigenvalue weighted by Crippen LogP contribution is -2.39. The molecular weight excluding hydrogens is 250 g/mol. The summed E-state index contributed by atoms with van der Waals surface area (Å²) in [6, 6.07) is 2.56. The molecule has 0 fully saturated rings. The topological polar surface area (TPSA) is 97.4 Å². The Balaban J connectivity index is 2.86. The number of hydrogen-bond acceptors (Lipinski definition) is 4. The molecular formula is C12H19N3O4. The number of aliphatic hydroxyl groups excluding tert-OH is 1. The van der Waals surface area contributed by atoms with Gasteiger partial charge in [-0.15, -0.1) is 0 Å². The number of carbonyl (C=O) groups excluding carboxylic acids is 1. The van der Waals surface area contributed by atoms with Gasteiger partial charge < -0.3 is 20.5 Å². The zero-order valence-corrected chi connectivity index (χ0v) is 11.3. The van der Waals surface area contributed by atoms with E-state index in [4.69, 9.17) is 5.11 Å². The van der Waals surface area contributed by atoms with Gasteiger partial charge in [0.05, 0.1) is 7.05 Å². The number of aliphatic hydroxyl groups is 1. The van der Waals surface area contributed by atoms with Crippen molar-refractivity contribution in [1.29, 1.82) is 0 Å². The summed E-state index contributed by atoms with van der Waals surface area (Å²) < 4.78 is 1.24. The van der Waals surface area contributed by atoms with Crippen molar-refractivity contribution in [2.45, 2.75) is 26.3 Å². The second-order valence-corrected chi connectivity index (χ2v) is 4.73. The molecule has 0 aliphatic heterocycles. The van der Waals surface area contributed by atoms with Crippen molar-refractivity contribution in [3.8, 4) is 0 Å². The van der Waals surface area contributed by atoms with Gasteiger partial charge in [-0.05, 0) is 23.3 Å². The van der Waals surface area contributed by atoms with Gasteiger partial charge in [0.25, 0.3) is 5.91 Å². The summed E-state index contributed by atoms with van der Waals surface area (Å²) in [7, 11) is 1.48. The maximum absolute atomic E-state index is 12.1. The molecule has 7 nitrogen and oxygen atoms in total. The predicted molar refractivity (Wildman–Crippen MR) is 69.9 cm³/mol. The lowest BCUT2D eigenvalue weighted by molar-refractivity contribution is -0.391. The molecule has 1 aromatic rings. The van der Waals surface area contributed by atoms with Crippen LogP contribution in [0.5, 0.6) is 0 Å². The van der Waals surface area contributed by atoms with Crippen molar-refractivity contribution in [3.63, 3.8) is 0 Å². The van der Waals surface area contributed by atoms with Gasteiger partial charge in [-0.25, -0.2) is 4.57 Å². The summed E-state index contributed by atoms with van der Waals surface area (Å²) in [5, 5.41) is 22.4. The summed E-state index contributed by atoms with van der Waals surface area (Å²) >= 11 is 0. The minimum absolute atomic E-state index is 0.0174. The molecule has 1 heterocycles. The van der Waals surface area contributed by atoms with Crippen LogP contribution in [-0.4, -0.2) is 33.2 Å². The molecule has 0 spiro atoms. The molecule has 7 heteroatoms. The lowest BCUT2D eigenvalue weighted by Gasteiger charge is -2.20. The SMILES string of the molecule is CC(C)C(CCO)NC(=O)c1ccc([N+](=O)[O-])n1C. The first-order chi connectivity index (χ1) is 8.88. The molecule has 0 bridgehead atoms. The third-order valence-electron chi connectivity index (χ3n) is 3.08. The first-order valence-corrected chi connectivity index (χ1v) is 6.10. The number of amides is 1. The normalized spacial score (nSPS) is 12.5. The first kappa shape index (κ1) is 15.2. The predicted octanol–water partition coefficient (Wildman–Crippen LogP) is 1.07. The minimum atomic E-state index is -0.537. The molecule has 0 saturated carbocycles. The average molecular weight is 269 g/mol. The number of hydrogen-bond donors (Lipinski definition) is 2. The van der Waals surface area contributed by atoms with Crippen molar-refractivity contribution >= 4 is 11.7 Å². The zero-order valence-electron chi connectivity index (χ0n) is 11.3. The van der Waals surface area contributed by atoms with Gasteiger partial charge in [-0.1, -0.05) is 13.8 Å². The third-order valence-corrected chi connectivity index (χ3v) is 3.08. The van der Waals surface area contributed by atoms with E-state index in [0.717, 1.165) is 0 Å². The Labute approximate surface area is 111 Å². The Morgan fingerprint density at radius 3 is 2.58 bits per heavy atom. The van der Waals surface area contributed by atoms with E-state index in [1.807, 2.05) is 13.8 Å². The van der Waals surface area contributed by atoms with E-state index >= 15 is 0 Å². The van der Waals surface area contributed by atoms with Gasteiger partial charge in [0.1, 0.15) is 0 Å². The Morgan fingerprint density at radius 2 is 2.16 bits per heavy atom. The Morgan fingerprint density at radius 1 is 1.53 bits per heavy atom. The van der Waals surface area contributed by atoms with Crippen LogP contribution < -0.4 is 5.32 Å². The summed E-state index contributed by atoms with van der Waals surface area (Å²) in [5.41, 5.74) is 0.232. The maximum Gasteiger partial charge on any atom is 0.323 e. The van der Waals surface area contributed by atoms with E-state index in [9.17, 15) is 14.9 Å². The summed E-state index contributed by atoms with van der Waals surface area (Å²) in [6.45, 7) is 3.86. The van der Waals surface area contributed by atoms with Crippen LogP contribution in [0.3, 0.4) is 0 Å². The second-order valence-electron chi connectivity index (χ2n) is 4.73. The average Bonchev–Trinajstić information content (AvgIpc) is 2.70.